The number of hydrogen-bond acceptors (Lipinski definition) is 5. The van der Waals surface area contributed by atoms with Crippen LogP contribution in [0.2, 0.25) is 0 Å². The van der Waals surface area contributed by atoms with Crippen molar-refractivity contribution in [2.75, 3.05) is 18.0 Å². The molecule has 0 atom stereocenters. The Morgan fingerprint density at radius 1 is 1.15 bits per heavy atom. The van der Waals surface area contributed by atoms with E-state index in [0.717, 1.165) is 29.8 Å². The summed E-state index contributed by atoms with van der Waals surface area (Å²) in [5.41, 5.74) is 1.79. The largest absolute Gasteiger partial charge is 0.312 e. The molecule has 0 saturated carbocycles. The first kappa shape index (κ1) is 18.0. The summed E-state index contributed by atoms with van der Waals surface area (Å²) in [6, 6.07) is 12.2. The molecule has 9 heteroatoms. The van der Waals surface area contributed by atoms with E-state index in [1.54, 1.807) is 4.90 Å². The number of non-ortho nitro benzene ring substituents is 1. The number of nitro benzene ring substituents is 1. The smallest absolute Gasteiger partial charge is 0.269 e. The van der Waals surface area contributed by atoms with Gasteiger partial charge in [-0.3, -0.25) is 14.9 Å². The molecule has 8 nitrogen and oxygen atoms in total. The van der Waals surface area contributed by atoms with Crippen LogP contribution in [-0.4, -0.2) is 32.3 Å². The Hall–Kier alpha value is -2.78. The average molecular weight is 375 g/mol. The van der Waals surface area contributed by atoms with Crippen molar-refractivity contribution in [2.24, 2.45) is 0 Å². The van der Waals surface area contributed by atoms with Gasteiger partial charge in [0.05, 0.1) is 9.82 Å². The fourth-order valence-electron chi connectivity index (χ4n) is 2.85. The number of benzene rings is 2. The maximum atomic E-state index is 12.4. The zero-order valence-electron chi connectivity index (χ0n) is 13.8. The molecule has 1 aliphatic rings. The summed E-state index contributed by atoms with van der Waals surface area (Å²) in [4.78, 5) is 24.0. The highest BCUT2D eigenvalue weighted by molar-refractivity contribution is 7.89. The second-order valence-electron chi connectivity index (χ2n) is 5.82. The molecule has 2 aromatic rings. The van der Waals surface area contributed by atoms with Crippen LogP contribution >= 0.6 is 0 Å². The standard InChI is InChI=1S/C17H17N3O5S/c21-17(19-12-10-13-3-1-2-4-16(13)19)9-11-18-26(24,25)15-7-5-14(6-8-15)20(22)23/h1-8,18H,9-12H2. The minimum atomic E-state index is -3.83. The fourth-order valence-corrected chi connectivity index (χ4v) is 3.89. The number of sulfonamides is 1. The van der Waals surface area contributed by atoms with Crippen LogP contribution in [0.5, 0.6) is 0 Å². The maximum absolute atomic E-state index is 12.4. The van der Waals surface area contributed by atoms with Crippen molar-refractivity contribution in [3.8, 4) is 0 Å². The first-order valence-electron chi connectivity index (χ1n) is 8.01. The van der Waals surface area contributed by atoms with E-state index in [2.05, 4.69) is 4.72 Å². The first-order chi connectivity index (χ1) is 12.4. The predicted molar refractivity (Wildman–Crippen MR) is 95.4 cm³/mol. The van der Waals surface area contributed by atoms with Gasteiger partial charge in [0.25, 0.3) is 5.69 Å². The molecule has 0 fully saturated rings. The average Bonchev–Trinajstić information content (AvgIpc) is 3.05. The molecule has 2 aromatic carbocycles. The third-order valence-electron chi connectivity index (χ3n) is 4.18. The van der Waals surface area contributed by atoms with Gasteiger partial charge >= 0.3 is 0 Å². The van der Waals surface area contributed by atoms with Crippen LogP contribution < -0.4 is 9.62 Å². The zero-order chi connectivity index (χ0) is 18.7. The van der Waals surface area contributed by atoms with Crippen molar-refractivity contribution in [1.29, 1.82) is 0 Å². The Bertz CT molecular complexity index is 941. The van der Waals surface area contributed by atoms with Gasteiger partial charge in [0.2, 0.25) is 15.9 Å². The molecule has 0 bridgehead atoms. The second-order valence-corrected chi connectivity index (χ2v) is 7.59. The molecule has 0 aromatic heterocycles. The SMILES string of the molecule is O=C(CCNS(=O)(=O)c1ccc([N+](=O)[O-])cc1)N1CCc2ccccc21. The number of fused-ring (bicyclic) bond motifs is 1. The van der Waals surface area contributed by atoms with E-state index in [-0.39, 0.29) is 29.5 Å². The monoisotopic (exact) mass is 375 g/mol. The van der Waals surface area contributed by atoms with Gasteiger partial charge in [-0.1, -0.05) is 18.2 Å². The van der Waals surface area contributed by atoms with E-state index in [4.69, 9.17) is 0 Å². The molecule has 1 amide bonds. The molecular formula is C17H17N3O5S. The number of nitrogens with zero attached hydrogens (tertiary/aromatic N) is 2. The van der Waals surface area contributed by atoms with Gasteiger partial charge in [0.1, 0.15) is 0 Å². The molecule has 26 heavy (non-hydrogen) atoms. The Kier molecular flexibility index (Phi) is 5.01. The van der Waals surface area contributed by atoms with Crippen LogP contribution in [0.25, 0.3) is 0 Å². The van der Waals surface area contributed by atoms with Gasteiger partial charge in [0, 0.05) is 37.3 Å². The molecule has 0 spiro atoms. The lowest BCUT2D eigenvalue weighted by Gasteiger charge is -2.17. The minimum absolute atomic E-state index is 0.0283. The summed E-state index contributed by atoms with van der Waals surface area (Å²) in [5.74, 6) is -0.152. The van der Waals surface area contributed by atoms with Crippen molar-refractivity contribution in [1.82, 2.24) is 4.72 Å². The molecule has 136 valence electrons. The van der Waals surface area contributed by atoms with Crippen LogP contribution in [0.4, 0.5) is 11.4 Å². The number of para-hydroxylation sites is 1. The number of amides is 1. The zero-order valence-corrected chi connectivity index (χ0v) is 14.6. The molecule has 0 saturated heterocycles. The molecule has 0 radical (unpaired) electrons. The summed E-state index contributed by atoms with van der Waals surface area (Å²) < 4.78 is 26.8. The third-order valence-corrected chi connectivity index (χ3v) is 5.65. The van der Waals surface area contributed by atoms with E-state index in [0.29, 0.717) is 6.54 Å². The van der Waals surface area contributed by atoms with Crippen molar-refractivity contribution in [3.63, 3.8) is 0 Å². The Morgan fingerprint density at radius 2 is 1.85 bits per heavy atom. The molecule has 1 N–H and O–H groups in total. The Balaban J connectivity index is 1.59. The number of anilines is 1. The van der Waals surface area contributed by atoms with E-state index in [9.17, 15) is 23.3 Å². The van der Waals surface area contributed by atoms with Gasteiger partial charge in [-0.05, 0) is 30.2 Å². The lowest BCUT2D eigenvalue weighted by atomic mass is 10.2. The number of carbonyl (C=O) groups is 1. The van der Waals surface area contributed by atoms with Gasteiger partial charge in [0.15, 0.2) is 0 Å². The van der Waals surface area contributed by atoms with Crippen LogP contribution in [0, 0.1) is 10.1 Å². The van der Waals surface area contributed by atoms with Crippen LogP contribution in [-0.2, 0) is 21.2 Å². The first-order valence-corrected chi connectivity index (χ1v) is 9.49. The van der Waals surface area contributed by atoms with Gasteiger partial charge in [-0.2, -0.15) is 0 Å². The predicted octanol–water partition coefficient (Wildman–Crippen LogP) is 1.85. The molecule has 3 rings (SSSR count). The summed E-state index contributed by atoms with van der Waals surface area (Å²) in [6.07, 6.45) is 0.816. The van der Waals surface area contributed by atoms with Gasteiger partial charge in [-0.15, -0.1) is 0 Å². The van der Waals surface area contributed by atoms with E-state index < -0.39 is 14.9 Å². The highest BCUT2D eigenvalue weighted by atomic mass is 32.2. The minimum Gasteiger partial charge on any atom is -0.312 e. The van der Waals surface area contributed by atoms with Gasteiger partial charge < -0.3 is 4.90 Å². The normalized spacial score (nSPS) is 13.5. The topological polar surface area (TPSA) is 110 Å². The fraction of sp³-hybridized carbons (Fsp3) is 0.235. The molecule has 0 aliphatic carbocycles. The Morgan fingerprint density at radius 3 is 2.54 bits per heavy atom. The van der Waals surface area contributed by atoms with Crippen molar-refractivity contribution < 1.29 is 18.1 Å². The number of hydrogen-bond donors (Lipinski definition) is 1. The number of nitro groups is 1. The summed E-state index contributed by atoms with van der Waals surface area (Å²) in [7, 11) is -3.83. The third kappa shape index (κ3) is 3.73. The van der Waals surface area contributed by atoms with Crippen molar-refractivity contribution >= 4 is 27.3 Å². The van der Waals surface area contributed by atoms with E-state index in [1.807, 2.05) is 24.3 Å². The van der Waals surface area contributed by atoms with Crippen LogP contribution in [0.1, 0.15) is 12.0 Å². The van der Waals surface area contributed by atoms with Crippen molar-refractivity contribution in [2.45, 2.75) is 17.7 Å². The lowest BCUT2D eigenvalue weighted by Crippen LogP contribution is -2.33. The van der Waals surface area contributed by atoms with E-state index in [1.165, 1.54) is 12.1 Å². The maximum Gasteiger partial charge on any atom is 0.269 e. The highest BCUT2D eigenvalue weighted by Gasteiger charge is 2.24. The Labute approximate surface area is 150 Å². The number of carbonyl (C=O) groups excluding carboxylic acids is 1. The summed E-state index contributed by atoms with van der Waals surface area (Å²) in [6.45, 7) is 0.546. The van der Waals surface area contributed by atoms with E-state index >= 15 is 0 Å². The van der Waals surface area contributed by atoms with Gasteiger partial charge in [-0.25, -0.2) is 13.1 Å². The quantitative estimate of drug-likeness (QED) is 0.612. The van der Waals surface area contributed by atoms with Crippen LogP contribution in [0.3, 0.4) is 0 Å². The number of nitrogens with one attached hydrogen (secondary N) is 1. The molecule has 0 unspecified atom stereocenters. The van der Waals surface area contributed by atoms with Crippen molar-refractivity contribution in [3.05, 3.63) is 64.2 Å². The molecule has 1 heterocycles. The summed E-state index contributed by atoms with van der Waals surface area (Å²) in [5, 5.41) is 10.6. The highest BCUT2D eigenvalue weighted by Crippen LogP contribution is 2.27. The molecular weight excluding hydrogens is 358 g/mol. The summed E-state index contributed by atoms with van der Waals surface area (Å²) >= 11 is 0. The number of rotatable bonds is 6. The van der Waals surface area contributed by atoms with Crippen LogP contribution in [0.15, 0.2) is 53.4 Å². The molecule has 1 aliphatic heterocycles. The lowest BCUT2D eigenvalue weighted by molar-refractivity contribution is -0.384. The second kappa shape index (κ2) is 7.22.